The fourth-order valence-electron chi connectivity index (χ4n) is 1.36. The van der Waals surface area contributed by atoms with Gasteiger partial charge in [0.2, 0.25) is 5.88 Å². The highest BCUT2D eigenvalue weighted by Gasteiger charge is 1.97. The number of aromatic nitrogens is 5. The average Bonchev–Trinajstić information content (AvgIpc) is 2.88. The second-order valence-corrected chi connectivity index (χ2v) is 3.39. The normalized spacial score (nSPS) is 10.2. The number of ether oxygens (including phenoxy) is 1. The summed E-state index contributed by atoms with van der Waals surface area (Å²) in [4.78, 5) is 8.02. The summed E-state index contributed by atoms with van der Waals surface area (Å²) in [5.41, 5.74) is 0. The predicted octanol–water partition coefficient (Wildman–Crippen LogP) is 0.579. The summed E-state index contributed by atoms with van der Waals surface area (Å²) in [6, 6.07) is 1.76. The SMILES string of the molecule is COc1cc(NCCCn2ccnn2)ncn1. The van der Waals surface area contributed by atoms with Crippen LogP contribution in [0.1, 0.15) is 6.42 Å². The molecule has 2 aromatic rings. The van der Waals surface area contributed by atoms with Crippen molar-refractivity contribution in [3.63, 3.8) is 0 Å². The third kappa shape index (κ3) is 3.40. The lowest BCUT2D eigenvalue weighted by molar-refractivity contribution is 0.397. The number of methoxy groups -OCH3 is 1. The first kappa shape index (κ1) is 11.3. The highest BCUT2D eigenvalue weighted by molar-refractivity contribution is 5.36. The van der Waals surface area contributed by atoms with Crippen LogP contribution in [-0.2, 0) is 6.54 Å². The molecule has 0 fully saturated rings. The van der Waals surface area contributed by atoms with Gasteiger partial charge in [0.05, 0.1) is 13.3 Å². The summed E-state index contributed by atoms with van der Waals surface area (Å²) < 4.78 is 6.80. The van der Waals surface area contributed by atoms with Crippen LogP contribution >= 0.6 is 0 Å². The molecule has 0 aromatic carbocycles. The minimum absolute atomic E-state index is 0.554. The van der Waals surface area contributed by atoms with Crippen molar-refractivity contribution in [1.29, 1.82) is 0 Å². The van der Waals surface area contributed by atoms with E-state index in [1.165, 1.54) is 6.33 Å². The maximum Gasteiger partial charge on any atom is 0.218 e. The Hall–Kier alpha value is -2.18. The molecule has 0 saturated heterocycles. The van der Waals surface area contributed by atoms with Crippen LogP contribution in [0.3, 0.4) is 0 Å². The van der Waals surface area contributed by atoms with Gasteiger partial charge < -0.3 is 10.1 Å². The average molecular weight is 234 g/mol. The zero-order chi connectivity index (χ0) is 11.9. The molecule has 1 N–H and O–H groups in total. The molecule has 0 saturated carbocycles. The Kier molecular flexibility index (Phi) is 3.85. The van der Waals surface area contributed by atoms with E-state index in [0.29, 0.717) is 5.88 Å². The zero-order valence-electron chi connectivity index (χ0n) is 9.58. The Morgan fingerprint density at radius 3 is 3.12 bits per heavy atom. The van der Waals surface area contributed by atoms with Gasteiger partial charge in [-0.05, 0) is 6.42 Å². The largest absolute Gasteiger partial charge is 0.481 e. The van der Waals surface area contributed by atoms with Crippen molar-refractivity contribution in [3.8, 4) is 5.88 Å². The first-order valence-corrected chi connectivity index (χ1v) is 5.32. The van der Waals surface area contributed by atoms with E-state index in [0.717, 1.165) is 25.3 Å². The lowest BCUT2D eigenvalue weighted by Crippen LogP contribution is -2.08. The van der Waals surface area contributed by atoms with Crippen LogP contribution in [0.2, 0.25) is 0 Å². The van der Waals surface area contributed by atoms with Crippen LogP contribution in [0.15, 0.2) is 24.8 Å². The van der Waals surface area contributed by atoms with Gasteiger partial charge >= 0.3 is 0 Å². The molecule has 7 nitrogen and oxygen atoms in total. The Morgan fingerprint density at radius 1 is 1.41 bits per heavy atom. The van der Waals surface area contributed by atoms with Crippen LogP contribution in [-0.4, -0.2) is 38.6 Å². The van der Waals surface area contributed by atoms with E-state index in [1.54, 1.807) is 24.1 Å². The molecule has 0 aliphatic heterocycles. The number of nitrogens with zero attached hydrogens (tertiary/aromatic N) is 5. The molecule has 0 aliphatic rings. The third-order valence-corrected chi connectivity index (χ3v) is 2.19. The number of nitrogens with one attached hydrogen (secondary N) is 1. The molecule has 0 aliphatic carbocycles. The minimum Gasteiger partial charge on any atom is -0.481 e. The lowest BCUT2D eigenvalue weighted by Gasteiger charge is -2.06. The van der Waals surface area contributed by atoms with Crippen molar-refractivity contribution in [2.24, 2.45) is 0 Å². The first-order valence-electron chi connectivity index (χ1n) is 5.32. The summed E-state index contributed by atoms with van der Waals surface area (Å²) in [5.74, 6) is 1.31. The van der Waals surface area contributed by atoms with E-state index in [-0.39, 0.29) is 0 Å². The third-order valence-electron chi connectivity index (χ3n) is 2.19. The summed E-state index contributed by atoms with van der Waals surface area (Å²) in [7, 11) is 1.58. The van der Waals surface area contributed by atoms with E-state index in [4.69, 9.17) is 4.74 Å². The van der Waals surface area contributed by atoms with Gasteiger partial charge in [-0.25, -0.2) is 9.97 Å². The molecule has 0 spiro atoms. The molecule has 0 bridgehead atoms. The van der Waals surface area contributed by atoms with Gasteiger partial charge in [-0.1, -0.05) is 5.21 Å². The fraction of sp³-hybridized carbons (Fsp3) is 0.400. The second-order valence-electron chi connectivity index (χ2n) is 3.39. The predicted molar refractivity (Wildman–Crippen MR) is 61.7 cm³/mol. The summed E-state index contributed by atoms with van der Waals surface area (Å²) in [6.45, 7) is 1.63. The van der Waals surface area contributed by atoms with Crippen LogP contribution in [0.5, 0.6) is 5.88 Å². The highest BCUT2D eigenvalue weighted by Crippen LogP contribution is 2.09. The van der Waals surface area contributed by atoms with E-state index >= 15 is 0 Å². The quantitative estimate of drug-likeness (QED) is 0.737. The van der Waals surface area contributed by atoms with Crippen molar-refractivity contribution in [2.75, 3.05) is 19.0 Å². The standard InChI is InChI=1S/C10H14N6O/c1-17-10-7-9(12-8-13-10)11-3-2-5-16-6-4-14-15-16/h4,6-8H,2-3,5H2,1H3,(H,11,12,13). The molecule has 2 rings (SSSR count). The van der Waals surface area contributed by atoms with Crippen LogP contribution in [0.25, 0.3) is 0 Å². The van der Waals surface area contributed by atoms with Gasteiger partial charge in [0.15, 0.2) is 0 Å². The van der Waals surface area contributed by atoms with Gasteiger partial charge in [-0.2, -0.15) is 0 Å². The fourth-order valence-corrected chi connectivity index (χ4v) is 1.36. The zero-order valence-corrected chi connectivity index (χ0v) is 9.58. The summed E-state index contributed by atoms with van der Waals surface area (Å²) >= 11 is 0. The summed E-state index contributed by atoms with van der Waals surface area (Å²) in [6.07, 6.45) is 5.92. The monoisotopic (exact) mass is 234 g/mol. The molecule has 2 aromatic heterocycles. The van der Waals surface area contributed by atoms with Gasteiger partial charge in [0.25, 0.3) is 0 Å². The van der Waals surface area contributed by atoms with Gasteiger partial charge in [-0.3, -0.25) is 4.68 Å². The second kappa shape index (κ2) is 5.78. The Morgan fingerprint density at radius 2 is 2.35 bits per heavy atom. The number of rotatable bonds is 6. The number of anilines is 1. The number of hydrogen-bond acceptors (Lipinski definition) is 6. The van der Waals surface area contributed by atoms with Crippen molar-refractivity contribution in [1.82, 2.24) is 25.0 Å². The van der Waals surface area contributed by atoms with E-state index in [9.17, 15) is 0 Å². The first-order chi connectivity index (χ1) is 8.38. The molecule has 0 amide bonds. The number of hydrogen-bond donors (Lipinski definition) is 1. The lowest BCUT2D eigenvalue weighted by atomic mass is 10.4. The van der Waals surface area contributed by atoms with Gasteiger partial charge in [0.1, 0.15) is 12.1 Å². The smallest absolute Gasteiger partial charge is 0.218 e. The van der Waals surface area contributed by atoms with Crippen molar-refractivity contribution < 1.29 is 4.74 Å². The molecular weight excluding hydrogens is 220 g/mol. The summed E-state index contributed by atoms with van der Waals surface area (Å²) in [5, 5.41) is 10.8. The molecule has 7 heteroatoms. The maximum absolute atomic E-state index is 5.01. The van der Waals surface area contributed by atoms with Crippen molar-refractivity contribution in [3.05, 3.63) is 24.8 Å². The Labute approximate surface area is 98.8 Å². The van der Waals surface area contributed by atoms with Crippen molar-refractivity contribution >= 4 is 5.82 Å². The molecule has 17 heavy (non-hydrogen) atoms. The Balaban J connectivity index is 1.74. The molecule has 90 valence electrons. The Bertz CT molecular complexity index is 444. The number of aryl methyl sites for hydroxylation is 1. The minimum atomic E-state index is 0.554. The maximum atomic E-state index is 5.01. The van der Waals surface area contributed by atoms with Gasteiger partial charge in [-0.15, -0.1) is 5.10 Å². The molecule has 0 unspecified atom stereocenters. The topological polar surface area (TPSA) is 77.8 Å². The molecular formula is C10H14N6O. The highest BCUT2D eigenvalue weighted by atomic mass is 16.5. The van der Waals surface area contributed by atoms with Gasteiger partial charge in [0, 0.05) is 25.4 Å². The van der Waals surface area contributed by atoms with E-state index in [1.807, 2.05) is 6.20 Å². The molecule has 2 heterocycles. The molecule has 0 radical (unpaired) electrons. The van der Waals surface area contributed by atoms with E-state index < -0.39 is 0 Å². The van der Waals surface area contributed by atoms with Crippen LogP contribution in [0, 0.1) is 0 Å². The van der Waals surface area contributed by atoms with E-state index in [2.05, 4.69) is 25.6 Å². The van der Waals surface area contributed by atoms with Crippen molar-refractivity contribution in [2.45, 2.75) is 13.0 Å². The van der Waals surface area contributed by atoms with Crippen LogP contribution < -0.4 is 10.1 Å². The molecule has 0 atom stereocenters. The van der Waals surface area contributed by atoms with Crippen LogP contribution in [0.4, 0.5) is 5.82 Å².